The van der Waals surface area contributed by atoms with E-state index in [0.717, 1.165) is 57.8 Å². The van der Waals surface area contributed by atoms with E-state index in [9.17, 15) is 25.2 Å². The summed E-state index contributed by atoms with van der Waals surface area (Å²) < 4.78 is 0. The highest BCUT2D eigenvalue weighted by Gasteiger charge is 2.49. The van der Waals surface area contributed by atoms with Gasteiger partial charge in [0.1, 0.15) is 5.75 Å². The van der Waals surface area contributed by atoms with Gasteiger partial charge in [0.05, 0.1) is 5.41 Å². The minimum Gasteiger partial charge on any atom is -0.508 e. The Hall–Kier alpha value is -1.91. The van der Waals surface area contributed by atoms with Crippen LogP contribution in [0.3, 0.4) is 0 Å². The lowest BCUT2D eigenvalue weighted by atomic mass is 9.88. The third-order valence-corrected chi connectivity index (χ3v) is 5.97. The van der Waals surface area contributed by atoms with Crippen LogP contribution < -0.4 is 0 Å². The van der Waals surface area contributed by atoms with Crippen LogP contribution in [0.25, 0.3) is 0 Å². The van der Waals surface area contributed by atoms with Crippen molar-refractivity contribution in [1.29, 1.82) is 0 Å². The molecule has 158 valence electrons. The van der Waals surface area contributed by atoms with Crippen LogP contribution in [0.4, 0.5) is 0 Å². The van der Waals surface area contributed by atoms with E-state index in [0.29, 0.717) is 24.0 Å². The zero-order chi connectivity index (χ0) is 20.9. The van der Waals surface area contributed by atoms with Crippen molar-refractivity contribution in [2.75, 3.05) is 0 Å². The molecule has 5 nitrogen and oxygen atoms in total. The van der Waals surface area contributed by atoms with Crippen molar-refractivity contribution >= 4 is 5.97 Å². The second-order valence-corrected chi connectivity index (χ2v) is 9.63. The molecule has 0 atom stereocenters. The Labute approximate surface area is 168 Å². The number of carboxylic acid groups (broad SMARTS) is 1. The highest BCUT2D eigenvalue weighted by molar-refractivity contribution is 5.77. The Morgan fingerprint density at radius 3 is 2.11 bits per heavy atom. The van der Waals surface area contributed by atoms with Crippen LogP contribution >= 0.6 is 0 Å². The molecule has 28 heavy (non-hydrogen) atoms. The van der Waals surface area contributed by atoms with Crippen molar-refractivity contribution in [2.45, 2.75) is 91.4 Å². The topological polar surface area (TPSA) is 98.0 Å². The fourth-order valence-corrected chi connectivity index (χ4v) is 3.91. The van der Waals surface area contributed by atoms with E-state index in [4.69, 9.17) is 0 Å². The molecule has 4 N–H and O–H groups in total. The predicted molar refractivity (Wildman–Crippen MR) is 110 cm³/mol. The van der Waals surface area contributed by atoms with Gasteiger partial charge in [0.25, 0.3) is 0 Å². The van der Waals surface area contributed by atoms with Crippen LogP contribution in [0.2, 0.25) is 0 Å². The van der Waals surface area contributed by atoms with E-state index >= 15 is 0 Å². The van der Waals surface area contributed by atoms with Gasteiger partial charge in [0.15, 0.2) is 11.5 Å². The van der Waals surface area contributed by atoms with E-state index in [-0.39, 0.29) is 22.7 Å². The third-order valence-electron chi connectivity index (χ3n) is 5.97. The minimum absolute atomic E-state index is 0.0327. The number of hydrogen-bond donors (Lipinski definition) is 4. The van der Waals surface area contributed by atoms with Gasteiger partial charge >= 0.3 is 5.97 Å². The number of hydrogen-bond acceptors (Lipinski definition) is 4. The number of carboxylic acids is 1. The summed E-state index contributed by atoms with van der Waals surface area (Å²) in [5.74, 6) is -1.04. The Bertz CT molecular complexity index is 683. The molecule has 1 saturated carbocycles. The quantitative estimate of drug-likeness (QED) is 0.225. The summed E-state index contributed by atoms with van der Waals surface area (Å²) in [7, 11) is 0. The van der Waals surface area contributed by atoms with Gasteiger partial charge in [0.2, 0.25) is 0 Å². The normalized spacial score (nSPS) is 15.5. The summed E-state index contributed by atoms with van der Waals surface area (Å²) in [5, 5.41) is 39.7. The monoisotopic (exact) mass is 392 g/mol. The number of rotatable bonds is 11. The number of unbranched alkanes of at least 4 members (excludes halogenated alkanes) is 3. The van der Waals surface area contributed by atoms with Crippen molar-refractivity contribution in [2.24, 2.45) is 10.8 Å². The maximum absolute atomic E-state index is 11.2. The SMILES string of the molecule is CC(C)(C)CCCCc1c(O)c(O)cc(O)c1CCCCCC1(C(=O)O)CC1. The Balaban J connectivity index is 1.91. The first kappa shape index (κ1) is 22.4. The van der Waals surface area contributed by atoms with E-state index in [2.05, 4.69) is 20.8 Å². The fraction of sp³-hybridized carbons (Fsp3) is 0.696. The summed E-state index contributed by atoms with van der Waals surface area (Å²) in [6.45, 7) is 6.60. The van der Waals surface area contributed by atoms with Crippen LogP contribution in [0.5, 0.6) is 17.2 Å². The molecule has 0 radical (unpaired) electrons. The van der Waals surface area contributed by atoms with Gasteiger partial charge in [-0.3, -0.25) is 4.79 Å². The first-order chi connectivity index (χ1) is 13.1. The standard InChI is InChI=1S/C23H36O5/c1-22(2,3)11-8-6-10-17-16(18(24)15-19(25)20(17)26)9-5-4-7-12-23(13-14-23)21(27)28/h15,24-26H,4-14H2,1-3H3,(H,27,28). The Morgan fingerprint density at radius 1 is 0.929 bits per heavy atom. The molecular weight excluding hydrogens is 356 g/mol. The summed E-state index contributed by atoms with van der Waals surface area (Å²) in [6.07, 6.45) is 9.10. The highest BCUT2D eigenvalue weighted by Crippen LogP contribution is 2.50. The zero-order valence-corrected chi connectivity index (χ0v) is 17.6. The van der Waals surface area contributed by atoms with Crippen molar-refractivity contribution in [3.63, 3.8) is 0 Å². The van der Waals surface area contributed by atoms with Crippen molar-refractivity contribution in [3.05, 3.63) is 17.2 Å². The molecule has 1 aromatic carbocycles. The molecule has 1 aliphatic carbocycles. The van der Waals surface area contributed by atoms with Crippen molar-refractivity contribution < 1.29 is 25.2 Å². The third kappa shape index (κ3) is 6.05. The second kappa shape index (κ2) is 9.06. The molecule has 1 aromatic rings. The lowest BCUT2D eigenvalue weighted by molar-refractivity contribution is -0.143. The van der Waals surface area contributed by atoms with Gasteiger partial charge < -0.3 is 20.4 Å². The first-order valence-electron chi connectivity index (χ1n) is 10.5. The van der Waals surface area contributed by atoms with Crippen molar-refractivity contribution in [3.8, 4) is 17.2 Å². The summed E-state index contributed by atoms with van der Waals surface area (Å²) in [4.78, 5) is 11.2. The maximum atomic E-state index is 11.2. The van der Waals surface area contributed by atoms with Gasteiger partial charge in [-0.25, -0.2) is 0 Å². The minimum atomic E-state index is -0.675. The number of carbonyl (C=O) groups is 1. The van der Waals surface area contributed by atoms with Gasteiger partial charge in [-0.05, 0) is 56.8 Å². The average Bonchev–Trinajstić information content (AvgIpc) is 3.37. The highest BCUT2D eigenvalue weighted by atomic mass is 16.4. The zero-order valence-electron chi connectivity index (χ0n) is 17.6. The van der Waals surface area contributed by atoms with Gasteiger partial charge in [-0.1, -0.05) is 40.0 Å². The molecule has 0 aliphatic heterocycles. The lowest BCUT2D eigenvalue weighted by Crippen LogP contribution is -2.14. The smallest absolute Gasteiger partial charge is 0.309 e. The van der Waals surface area contributed by atoms with E-state index in [1.807, 2.05) is 0 Å². The molecule has 0 heterocycles. The Kier molecular flexibility index (Phi) is 7.24. The fourth-order valence-electron chi connectivity index (χ4n) is 3.91. The van der Waals surface area contributed by atoms with Crippen LogP contribution in [0.15, 0.2) is 6.07 Å². The molecule has 1 aliphatic rings. The van der Waals surface area contributed by atoms with E-state index in [1.54, 1.807) is 0 Å². The summed E-state index contributed by atoms with van der Waals surface area (Å²) in [6, 6.07) is 1.22. The van der Waals surface area contributed by atoms with E-state index < -0.39 is 11.4 Å². The molecule has 0 aromatic heterocycles. The summed E-state index contributed by atoms with van der Waals surface area (Å²) >= 11 is 0. The average molecular weight is 393 g/mol. The van der Waals surface area contributed by atoms with Crippen LogP contribution in [-0.4, -0.2) is 26.4 Å². The molecule has 5 heteroatoms. The van der Waals surface area contributed by atoms with Crippen LogP contribution in [0.1, 0.15) is 89.7 Å². The molecule has 0 bridgehead atoms. The number of phenols is 3. The molecule has 0 amide bonds. The molecule has 1 fully saturated rings. The van der Waals surface area contributed by atoms with Gasteiger partial charge in [-0.2, -0.15) is 0 Å². The molecule has 0 saturated heterocycles. The first-order valence-corrected chi connectivity index (χ1v) is 10.5. The largest absolute Gasteiger partial charge is 0.508 e. The Morgan fingerprint density at radius 2 is 1.54 bits per heavy atom. The second-order valence-electron chi connectivity index (χ2n) is 9.63. The molecule has 2 rings (SSSR count). The van der Waals surface area contributed by atoms with E-state index in [1.165, 1.54) is 6.07 Å². The number of benzene rings is 1. The van der Waals surface area contributed by atoms with Gasteiger partial charge in [-0.15, -0.1) is 0 Å². The molecular formula is C23H36O5. The molecule has 0 unspecified atom stereocenters. The lowest BCUT2D eigenvalue weighted by Gasteiger charge is -2.19. The maximum Gasteiger partial charge on any atom is 0.309 e. The number of phenolic OH excluding ortho intramolecular Hbond substituents is 3. The van der Waals surface area contributed by atoms with Crippen LogP contribution in [-0.2, 0) is 17.6 Å². The molecule has 0 spiro atoms. The predicted octanol–water partition coefficient (Wildman–Crippen LogP) is 5.53. The van der Waals surface area contributed by atoms with Crippen molar-refractivity contribution in [1.82, 2.24) is 0 Å². The number of aliphatic carboxylic acids is 1. The van der Waals surface area contributed by atoms with Crippen LogP contribution in [0, 0.1) is 10.8 Å². The number of aromatic hydroxyl groups is 3. The van der Waals surface area contributed by atoms with Gasteiger partial charge in [0, 0.05) is 17.2 Å². The summed E-state index contributed by atoms with van der Waals surface area (Å²) in [5.41, 5.74) is 1.15.